The van der Waals surface area contributed by atoms with Gasteiger partial charge in [-0.2, -0.15) is 0 Å². The molecular weight excluding hydrogens is 152 g/mol. The zero-order valence-electron chi connectivity index (χ0n) is 8.72. The third-order valence-corrected chi connectivity index (χ3v) is 1.75. The predicted octanol–water partition coefficient (Wildman–Crippen LogP) is 1.42. The number of hydrogen-bond acceptors (Lipinski definition) is 2. The summed E-state index contributed by atoms with van der Waals surface area (Å²) in [5, 5.41) is 0. The summed E-state index contributed by atoms with van der Waals surface area (Å²) in [6.45, 7) is 8.80. The fourth-order valence-electron chi connectivity index (χ4n) is 0.576. The lowest BCUT2D eigenvalue weighted by molar-refractivity contribution is 0.0814. The molecule has 0 atom stereocenters. The average molecular weight is 172 g/mol. The summed E-state index contributed by atoms with van der Waals surface area (Å²) < 4.78 is 5.18. The molecule has 0 heterocycles. The van der Waals surface area contributed by atoms with Gasteiger partial charge in [-0.15, -0.1) is 0 Å². The molecule has 0 bridgehead atoms. The van der Waals surface area contributed by atoms with Gasteiger partial charge in [0, 0.05) is 13.7 Å². The molecule has 12 heavy (non-hydrogen) atoms. The van der Waals surface area contributed by atoms with Crippen molar-refractivity contribution in [2.24, 2.45) is 16.6 Å². The summed E-state index contributed by atoms with van der Waals surface area (Å²) in [5.41, 5.74) is 5.30. The van der Waals surface area contributed by atoms with Gasteiger partial charge in [-0.1, -0.05) is 13.8 Å². The molecule has 0 saturated carbocycles. The highest BCUT2D eigenvalue weighted by molar-refractivity contribution is 5.88. The van der Waals surface area contributed by atoms with Gasteiger partial charge in [0.15, 0.2) is 0 Å². The van der Waals surface area contributed by atoms with Crippen molar-refractivity contribution in [3.8, 4) is 0 Å². The Balaban J connectivity index is 4.17. The van der Waals surface area contributed by atoms with Crippen LogP contribution in [0.3, 0.4) is 0 Å². The van der Waals surface area contributed by atoms with E-state index in [2.05, 4.69) is 18.8 Å². The van der Waals surface area contributed by atoms with E-state index >= 15 is 0 Å². The van der Waals surface area contributed by atoms with Crippen LogP contribution in [0.25, 0.3) is 0 Å². The van der Waals surface area contributed by atoms with Crippen molar-refractivity contribution < 1.29 is 4.74 Å². The number of ether oxygens (including phenoxy) is 1. The van der Waals surface area contributed by atoms with Gasteiger partial charge >= 0.3 is 0 Å². The summed E-state index contributed by atoms with van der Waals surface area (Å²) in [4.78, 5) is 4.24. The van der Waals surface area contributed by atoms with Crippen molar-refractivity contribution in [1.29, 1.82) is 0 Å². The molecule has 0 aromatic rings. The second kappa shape index (κ2) is 4.45. The monoisotopic (exact) mass is 172 g/mol. The van der Waals surface area contributed by atoms with Crippen molar-refractivity contribution in [1.82, 2.24) is 0 Å². The first-order chi connectivity index (χ1) is 5.40. The van der Waals surface area contributed by atoms with Crippen molar-refractivity contribution >= 4 is 5.84 Å². The van der Waals surface area contributed by atoms with E-state index in [-0.39, 0.29) is 0 Å². The van der Waals surface area contributed by atoms with Gasteiger partial charge in [0.1, 0.15) is 11.4 Å². The highest BCUT2D eigenvalue weighted by atomic mass is 16.5. The van der Waals surface area contributed by atoms with E-state index in [1.54, 1.807) is 7.11 Å². The van der Waals surface area contributed by atoms with Crippen LogP contribution in [-0.2, 0) is 4.74 Å². The van der Waals surface area contributed by atoms with E-state index in [1.807, 2.05) is 13.8 Å². The van der Waals surface area contributed by atoms with E-state index in [9.17, 15) is 0 Å². The number of methoxy groups -OCH3 is 1. The predicted molar refractivity (Wildman–Crippen MR) is 52.4 cm³/mol. The fourth-order valence-corrected chi connectivity index (χ4v) is 0.576. The van der Waals surface area contributed by atoms with Crippen LogP contribution in [0, 0.1) is 5.92 Å². The molecule has 72 valence electrons. The summed E-state index contributed by atoms with van der Waals surface area (Å²) in [7, 11) is 1.64. The second-order valence-corrected chi connectivity index (χ2v) is 3.83. The minimum atomic E-state index is -0.436. The van der Waals surface area contributed by atoms with Crippen LogP contribution >= 0.6 is 0 Å². The highest BCUT2D eigenvalue weighted by Crippen LogP contribution is 2.07. The largest absolute Gasteiger partial charge is 0.385 e. The Morgan fingerprint density at radius 1 is 1.50 bits per heavy atom. The molecular formula is C9H20N2O. The maximum absolute atomic E-state index is 5.74. The lowest BCUT2D eigenvalue weighted by Gasteiger charge is -2.22. The number of nitrogens with zero attached hydrogens (tertiary/aromatic N) is 1. The van der Waals surface area contributed by atoms with E-state index < -0.39 is 5.60 Å². The molecule has 0 radical (unpaired) electrons. The number of aliphatic imine (C=N–C) groups is 1. The molecule has 2 N–H and O–H groups in total. The van der Waals surface area contributed by atoms with E-state index in [0.29, 0.717) is 11.8 Å². The molecule has 0 aliphatic rings. The van der Waals surface area contributed by atoms with Gasteiger partial charge in [0.2, 0.25) is 0 Å². The van der Waals surface area contributed by atoms with Crippen molar-refractivity contribution in [3.05, 3.63) is 0 Å². The molecule has 0 aromatic heterocycles. The molecule has 0 aliphatic heterocycles. The average Bonchev–Trinajstić information content (AvgIpc) is 2.00. The number of rotatable bonds is 4. The fraction of sp³-hybridized carbons (Fsp3) is 0.889. The SMILES string of the molecule is COC(C)(C)C(N)=NCC(C)C. The van der Waals surface area contributed by atoms with Crippen LogP contribution < -0.4 is 5.73 Å². The van der Waals surface area contributed by atoms with Gasteiger partial charge in [-0.3, -0.25) is 4.99 Å². The van der Waals surface area contributed by atoms with Crippen LogP contribution in [-0.4, -0.2) is 25.1 Å². The zero-order valence-corrected chi connectivity index (χ0v) is 8.72. The van der Waals surface area contributed by atoms with Crippen molar-refractivity contribution in [2.45, 2.75) is 33.3 Å². The van der Waals surface area contributed by atoms with Gasteiger partial charge in [0.05, 0.1) is 0 Å². The van der Waals surface area contributed by atoms with E-state index in [1.165, 1.54) is 0 Å². The first kappa shape index (κ1) is 11.4. The molecule has 3 nitrogen and oxygen atoms in total. The second-order valence-electron chi connectivity index (χ2n) is 3.83. The first-order valence-electron chi connectivity index (χ1n) is 4.25. The van der Waals surface area contributed by atoms with Crippen LogP contribution in [0.4, 0.5) is 0 Å². The molecule has 0 aromatic carbocycles. The lowest BCUT2D eigenvalue weighted by atomic mass is 10.1. The van der Waals surface area contributed by atoms with Gasteiger partial charge in [-0.05, 0) is 19.8 Å². The number of hydrogen-bond donors (Lipinski definition) is 1. The molecule has 0 rings (SSSR count). The molecule has 0 saturated heterocycles. The van der Waals surface area contributed by atoms with Crippen LogP contribution in [0.15, 0.2) is 4.99 Å². The molecule has 0 fully saturated rings. The van der Waals surface area contributed by atoms with Gasteiger partial charge in [0.25, 0.3) is 0 Å². The molecule has 0 aliphatic carbocycles. The van der Waals surface area contributed by atoms with Crippen LogP contribution in [0.5, 0.6) is 0 Å². The number of nitrogens with two attached hydrogens (primary N) is 1. The molecule has 3 heteroatoms. The van der Waals surface area contributed by atoms with Gasteiger partial charge < -0.3 is 10.5 Å². The van der Waals surface area contributed by atoms with Crippen molar-refractivity contribution in [2.75, 3.05) is 13.7 Å². The third kappa shape index (κ3) is 3.72. The molecule has 0 amide bonds. The normalized spacial score (nSPS) is 14.0. The lowest BCUT2D eigenvalue weighted by Crippen LogP contribution is -2.40. The van der Waals surface area contributed by atoms with E-state index in [0.717, 1.165) is 6.54 Å². The van der Waals surface area contributed by atoms with Gasteiger partial charge in [-0.25, -0.2) is 0 Å². The standard InChI is InChI=1S/C9H20N2O/c1-7(2)6-11-8(10)9(3,4)12-5/h7H,6H2,1-5H3,(H2,10,11). The Kier molecular flexibility index (Phi) is 4.24. The maximum atomic E-state index is 5.74. The highest BCUT2D eigenvalue weighted by Gasteiger charge is 2.21. The minimum absolute atomic E-state index is 0.436. The summed E-state index contributed by atoms with van der Waals surface area (Å²) in [6, 6.07) is 0. The Bertz CT molecular complexity index is 162. The summed E-state index contributed by atoms with van der Waals surface area (Å²) in [6.07, 6.45) is 0. The zero-order chi connectivity index (χ0) is 9.78. The Morgan fingerprint density at radius 2 is 2.00 bits per heavy atom. The number of amidine groups is 1. The summed E-state index contributed by atoms with van der Waals surface area (Å²) in [5.74, 6) is 1.11. The maximum Gasteiger partial charge on any atom is 0.126 e. The Morgan fingerprint density at radius 3 is 2.33 bits per heavy atom. The van der Waals surface area contributed by atoms with Crippen LogP contribution in [0.2, 0.25) is 0 Å². The minimum Gasteiger partial charge on any atom is -0.385 e. The first-order valence-corrected chi connectivity index (χ1v) is 4.25. The quantitative estimate of drug-likeness (QED) is 0.515. The molecule has 0 unspecified atom stereocenters. The topological polar surface area (TPSA) is 47.6 Å². The smallest absolute Gasteiger partial charge is 0.126 e. The van der Waals surface area contributed by atoms with E-state index in [4.69, 9.17) is 10.5 Å². The summed E-state index contributed by atoms with van der Waals surface area (Å²) >= 11 is 0. The molecule has 0 spiro atoms. The third-order valence-electron chi connectivity index (χ3n) is 1.75. The Hall–Kier alpha value is -0.570. The Labute approximate surface area is 75.0 Å². The van der Waals surface area contributed by atoms with Crippen molar-refractivity contribution in [3.63, 3.8) is 0 Å². The van der Waals surface area contributed by atoms with Crippen LogP contribution in [0.1, 0.15) is 27.7 Å².